The van der Waals surface area contributed by atoms with Crippen LogP contribution in [0.15, 0.2) is 42.5 Å². The SMILES string of the molecule is O=C(C1CCCC1)N1CCSC12C(=O)N(Cc1c(F)cccc1F)c1ccccc12. The van der Waals surface area contributed by atoms with Crippen molar-refractivity contribution >= 4 is 29.3 Å². The minimum Gasteiger partial charge on any atom is -0.315 e. The van der Waals surface area contributed by atoms with E-state index in [1.807, 2.05) is 12.1 Å². The average molecular weight is 429 g/mol. The van der Waals surface area contributed by atoms with Gasteiger partial charge >= 0.3 is 0 Å². The molecule has 2 fully saturated rings. The van der Waals surface area contributed by atoms with Gasteiger partial charge in [0.2, 0.25) is 5.91 Å². The van der Waals surface area contributed by atoms with Crippen molar-refractivity contribution in [3.8, 4) is 0 Å². The highest BCUT2D eigenvalue weighted by atomic mass is 32.2. The van der Waals surface area contributed by atoms with E-state index in [0.29, 0.717) is 18.0 Å². The second-order valence-electron chi connectivity index (χ2n) is 8.07. The zero-order valence-electron chi connectivity index (χ0n) is 16.4. The number of halogens is 2. The number of benzene rings is 2. The molecule has 1 atom stereocenters. The maximum absolute atomic E-state index is 14.3. The molecule has 1 unspecified atom stereocenters. The van der Waals surface area contributed by atoms with Gasteiger partial charge in [0.15, 0.2) is 4.87 Å². The summed E-state index contributed by atoms with van der Waals surface area (Å²) in [4.78, 5) is 29.2. The van der Waals surface area contributed by atoms with Crippen LogP contribution in [0.2, 0.25) is 0 Å². The molecule has 156 valence electrons. The Labute approximate surface area is 178 Å². The van der Waals surface area contributed by atoms with Gasteiger partial charge in [-0.3, -0.25) is 9.59 Å². The van der Waals surface area contributed by atoms with E-state index in [4.69, 9.17) is 0 Å². The lowest BCUT2D eigenvalue weighted by Crippen LogP contribution is -2.51. The highest BCUT2D eigenvalue weighted by Gasteiger charge is 2.59. The van der Waals surface area contributed by atoms with Crippen molar-refractivity contribution in [3.05, 3.63) is 65.2 Å². The number of fused-ring (bicyclic) bond motifs is 2. The number of para-hydroxylation sites is 1. The molecule has 0 bridgehead atoms. The first-order valence-corrected chi connectivity index (χ1v) is 11.3. The maximum atomic E-state index is 14.3. The Hall–Kier alpha value is -2.41. The molecule has 1 spiro atoms. The monoisotopic (exact) mass is 428 g/mol. The van der Waals surface area contributed by atoms with Gasteiger partial charge in [-0.05, 0) is 31.0 Å². The van der Waals surface area contributed by atoms with E-state index >= 15 is 0 Å². The van der Waals surface area contributed by atoms with Gasteiger partial charge in [-0.25, -0.2) is 8.78 Å². The lowest BCUT2D eigenvalue weighted by molar-refractivity contribution is -0.143. The number of anilines is 1. The Balaban J connectivity index is 1.57. The van der Waals surface area contributed by atoms with Crippen LogP contribution >= 0.6 is 11.8 Å². The van der Waals surface area contributed by atoms with Crippen LogP contribution in [-0.2, 0) is 21.0 Å². The maximum Gasteiger partial charge on any atom is 0.268 e. The Kier molecular flexibility index (Phi) is 4.81. The first kappa shape index (κ1) is 19.5. The summed E-state index contributed by atoms with van der Waals surface area (Å²) in [5, 5.41) is 0. The van der Waals surface area contributed by atoms with Crippen molar-refractivity contribution in [2.75, 3.05) is 17.2 Å². The van der Waals surface area contributed by atoms with E-state index in [0.717, 1.165) is 31.2 Å². The number of carbonyl (C=O) groups is 2. The average Bonchev–Trinajstić information content (AvgIpc) is 3.47. The second kappa shape index (κ2) is 7.38. The smallest absolute Gasteiger partial charge is 0.268 e. The van der Waals surface area contributed by atoms with Crippen molar-refractivity contribution in [1.29, 1.82) is 0 Å². The van der Waals surface area contributed by atoms with Crippen LogP contribution in [0.3, 0.4) is 0 Å². The van der Waals surface area contributed by atoms with Gasteiger partial charge < -0.3 is 9.80 Å². The van der Waals surface area contributed by atoms with Crippen molar-refractivity contribution in [2.24, 2.45) is 5.92 Å². The molecule has 0 N–H and O–H groups in total. The van der Waals surface area contributed by atoms with Gasteiger partial charge in [-0.2, -0.15) is 0 Å². The number of thioether (sulfide) groups is 1. The molecule has 2 heterocycles. The van der Waals surface area contributed by atoms with Crippen LogP contribution in [0.5, 0.6) is 0 Å². The minimum absolute atomic E-state index is 0.0274. The zero-order chi connectivity index (χ0) is 20.9. The summed E-state index contributed by atoms with van der Waals surface area (Å²) in [6, 6.07) is 11.0. The van der Waals surface area contributed by atoms with Gasteiger partial charge in [-0.1, -0.05) is 37.1 Å². The Morgan fingerprint density at radius 3 is 2.50 bits per heavy atom. The third-order valence-electron chi connectivity index (χ3n) is 6.45. The largest absolute Gasteiger partial charge is 0.315 e. The quantitative estimate of drug-likeness (QED) is 0.726. The third-order valence-corrected chi connectivity index (χ3v) is 7.87. The molecule has 2 aromatic rings. The van der Waals surface area contributed by atoms with Crippen LogP contribution in [-0.4, -0.2) is 29.0 Å². The number of hydrogen-bond donors (Lipinski definition) is 0. The lowest BCUT2D eigenvalue weighted by Gasteiger charge is -2.34. The van der Waals surface area contributed by atoms with E-state index in [2.05, 4.69) is 0 Å². The molecule has 0 aromatic heterocycles. The molecular formula is C23H22F2N2O2S. The first-order chi connectivity index (χ1) is 14.5. The summed E-state index contributed by atoms with van der Waals surface area (Å²) in [5.41, 5.74) is 1.21. The number of nitrogens with zero attached hydrogens (tertiary/aromatic N) is 2. The molecule has 5 rings (SSSR count). The van der Waals surface area contributed by atoms with Gasteiger partial charge in [0.05, 0.1) is 12.2 Å². The summed E-state index contributed by atoms with van der Waals surface area (Å²) in [7, 11) is 0. The summed E-state index contributed by atoms with van der Waals surface area (Å²) >= 11 is 1.45. The standard InChI is InChI=1S/C23H22F2N2O2S/c24-18-9-5-10-19(25)16(18)14-26-20-11-4-3-8-17(20)23(22(26)29)27(12-13-30-23)21(28)15-6-1-2-7-15/h3-5,8-11,15H,1-2,6-7,12-14H2. The molecule has 0 radical (unpaired) electrons. The molecule has 2 amide bonds. The van der Waals surface area contributed by atoms with E-state index in [1.54, 1.807) is 17.0 Å². The summed E-state index contributed by atoms with van der Waals surface area (Å²) in [6.07, 6.45) is 3.79. The predicted octanol–water partition coefficient (Wildman–Crippen LogP) is 4.43. The van der Waals surface area contributed by atoms with Crippen LogP contribution in [0.4, 0.5) is 14.5 Å². The molecular weight excluding hydrogens is 406 g/mol. The normalized spacial score (nSPS) is 23.6. The first-order valence-electron chi connectivity index (χ1n) is 10.3. The number of amides is 2. The van der Waals surface area contributed by atoms with Gasteiger partial charge in [0.25, 0.3) is 5.91 Å². The van der Waals surface area contributed by atoms with Crippen molar-refractivity contribution in [2.45, 2.75) is 37.1 Å². The summed E-state index contributed by atoms with van der Waals surface area (Å²) in [5.74, 6) is -1.02. The molecule has 1 saturated carbocycles. The molecule has 30 heavy (non-hydrogen) atoms. The van der Waals surface area contributed by atoms with Crippen molar-refractivity contribution in [1.82, 2.24) is 4.90 Å². The third kappa shape index (κ3) is 2.78. The topological polar surface area (TPSA) is 40.6 Å². The minimum atomic E-state index is -1.14. The number of rotatable bonds is 3. The lowest BCUT2D eigenvalue weighted by atomic mass is 10.0. The Morgan fingerprint density at radius 2 is 1.77 bits per heavy atom. The fourth-order valence-electron chi connectivity index (χ4n) is 4.98. The fraction of sp³-hybridized carbons (Fsp3) is 0.391. The molecule has 7 heteroatoms. The van der Waals surface area contributed by atoms with Crippen LogP contribution in [0.1, 0.15) is 36.8 Å². The van der Waals surface area contributed by atoms with Crippen LogP contribution < -0.4 is 4.90 Å². The molecule has 2 aliphatic heterocycles. The van der Waals surface area contributed by atoms with E-state index in [-0.39, 0.29) is 29.8 Å². The zero-order valence-corrected chi connectivity index (χ0v) is 17.3. The number of carbonyl (C=O) groups excluding carboxylic acids is 2. The molecule has 4 nitrogen and oxygen atoms in total. The molecule has 1 saturated heterocycles. The molecule has 1 aliphatic carbocycles. The van der Waals surface area contributed by atoms with E-state index in [9.17, 15) is 18.4 Å². The Morgan fingerprint density at radius 1 is 1.07 bits per heavy atom. The molecule has 2 aromatic carbocycles. The van der Waals surface area contributed by atoms with Gasteiger partial charge in [0, 0.05) is 29.3 Å². The van der Waals surface area contributed by atoms with Crippen molar-refractivity contribution in [3.63, 3.8) is 0 Å². The highest BCUT2D eigenvalue weighted by Crippen LogP contribution is 2.55. The second-order valence-corrected chi connectivity index (χ2v) is 9.36. The van der Waals surface area contributed by atoms with Crippen LogP contribution in [0.25, 0.3) is 0 Å². The molecule has 3 aliphatic rings. The fourth-order valence-corrected chi connectivity index (χ4v) is 6.45. The number of hydrogen-bond acceptors (Lipinski definition) is 3. The highest BCUT2D eigenvalue weighted by molar-refractivity contribution is 8.01. The van der Waals surface area contributed by atoms with Gasteiger partial charge in [0.1, 0.15) is 11.6 Å². The Bertz CT molecular complexity index is 1000. The van der Waals surface area contributed by atoms with Gasteiger partial charge in [-0.15, -0.1) is 11.8 Å². The van der Waals surface area contributed by atoms with Crippen molar-refractivity contribution < 1.29 is 18.4 Å². The van der Waals surface area contributed by atoms with E-state index < -0.39 is 16.5 Å². The predicted molar refractivity (Wildman–Crippen MR) is 112 cm³/mol. The summed E-state index contributed by atoms with van der Waals surface area (Å²) < 4.78 is 28.7. The van der Waals surface area contributed by atoms with Crippen LogP contribution in [0, 0.1) is 17.6 Å². The summed E-state index contributed by atoms with van der Waals surface area (Å²) in [6.45, 7) is 0.296. The van der Waals surface area contributed by atoms with E-state index in [1.165, 1.54) is 34.9 Å².